The van der Waals surface area contributed by atoms with Gasteiger partial charge in [-0.05, 0) is 37.3 Å². The van der Waals surface area contributed by atoms with Gasteiger partial charge in [-0.25, -0.2) is 18.6 Å². The molecule has 1 saturated heterocycles. The Morgan fingerprint density at radius 3 is 2.78 bits per heavy atom. The van der Waals surface area contributed by atoms with Gasteiger partial charge >= 0.3 is 6.03 Å². The molecule has 140 valence electrons. The van der Waals surface area contributed by atoms with Crippen molar-refractivity contribution in [2.24, 2.45) is 0 Å². The fraction of sp³-hybridized carbons (Fsp3) is 0.176. The van der Waals surface area contributed by atoms with Crippen LogP contribution in [-0.2, 0) is 15.1 Å². The van der Waals surface area contributed by atoms with E-state index in [0.717, 1.165) is 18.2 Å². The quantitative estimate of drug-likeness (QED) is 0.615. The minimum atomic E-state index is -1.84. The van der Waals surface area contributed by atoms with Crippen LogP contribution in [0, 0.1) is 11.6 Å². The highest BCUT2D eigenvalue weighted by Crippen LogP contribution is 2.31. The number of imide groups is 1. The second kappa shape index (κ2) is 6.92. The summed E-state index contributed by atoms with van der Waals surface area (Å²) in [5.74, 6) is -3.22. The lowest BCUT2D eigenvalue weighted by Gasteiger charge is -2.22. The fourth-order valence-corrected chi connectivity index (χ4v) is 2.88. The molecule has 1 unspecified atom stereocenters. The van der Waals surface area contributed by atoms with Crippen LogP contribution >= 0.6 is 11.6 Å². The Morgan fingerprint density at radius 2 is 2.07 bits per heavy atom. The zero-order chi connectivity index (χ0) is 19.8. The van der Waals surface area contributed by atoms with E-state index in [9.17, 15) is 23.2 Å². The number of carbonyl (C=O) groups excluding carboxylic acids is 3. The lowest BCUT2D eigenvalue weighted by molar-refractivity contribution is -0.133. The molecule has 2 aromatic rings. The van der Waals surface area contributed by atoms with Crippen molar-refractivity contribution in [3.63, 3.8) is 0 Å². The molecule has 1 aromatic heterocycles. The first-order chi connectivity index (χ1) is 12.7. The third-order valence-corrected chi connectivity index (χ3v) is 4.38. The minimum absolute atomic E-state index is 0.0368. The van der Waals surface area contributed by atoms with E-state index in [-0.39, 0.29) is 16.4 Å². The summed E-state index contributed by atoms with van der Waals surface area (Å²) >= 11 is 5.84. The Bertz CT molecular complexity index is 956. The van der Waals surface area contributed by atoms with Crippen molar-refractivity contribution in [3.8, 4) is 0 Å². The van der Waals surface area contributed by atoms with Crippen molar-refractivity contribution in [1.82, 2.24) is 15.2 Å². The molecule has 1 aromatic carbocycles. The minimum Gasteiger partial charge on any atom is -0.322 e. The standard InChI is InChI=1S/C17H13ClF2N4O3/c1-17(10-7-9(19)4-5-11(10)20)15(26)24(16(27)23-17)8-13(25)22-12-3-2-6-21-14(12)18/h2-7H,8H2,1H3,(H,22,25)(H,23,27). The molecule has 0 bridgehead atoms. The molecule has 0 spiro atoms. The van der Waals surface area contributed by atoms with E-state index >= 15 is 0 Å². The van der Waals surface area contributed by atoms with E-state index in [4.69, 9.17) is 11.6 Å². The van der Waals surface area contributed by atoms with Gasteiger partial charge in [0.1, 0.15) is 23.7 Å². The maximum absolute atomic E-state index is 14.1. The summed E-state index contributed by atoms with van der Waals surface area (Å²) in [4.78, 5) is 41.5. The smallest absolute Gasteiger partial charge is 0.322 e. The highest BCUT2D eigenvalue weighted by molar-refractivity contribution is 6.32. The van der Waals surface area contributed by atoms with Crippen LogP contribution in [0.3, 0.4) is 0 Å². The largest absolute Gasteiger partial charge is 0.325 e. The molecule has 0 aliphatic carbocycles. The molecule has 3 rings (SSSR count). The van der Waals surface area contributed by atoms with E-state index in [1.165, 1.54) is 19.2 Å². The highest BCUT2D eigenvalue weighted by Gasteiger charge is 2.50. The van der Waals surface area contributed by atoms with Crippen LogP contribution in [0.25, 0.3) is 0 Å². The van der Waals surface area contributed by atoms with Gasteiger partial charge in [0.25, 0.3) is 5.91 Å². The summed E-state index contributed by atoms with van der Waals surface area (Å²) in [7, 11) is 0. The van der Waals surface area contributed by atoms with Crippen molar-refractivity contribution >= 4 is 35.1 Å². The van der Waals surface area contributed by atoms with Crippen LogP contribution in [0.1, 0.15) is 12.5 Å². The van der Waals surface area contributed by atoms with Gasteiger partial charge in [-0.15, -0.1) is 0 Å². The summed E-state index contributed by atoms with van der Waals surface area (Å²) in [6.45, 7) is 0.601. The van der Waals surface area contributed by atoms with Crippen LogP contribution in [0.5, 0.6) is 0 Å². The van der Waals surface area contributed by atoms with E-state index in [0.29, 0.717) is 4.90 Å². The number of amides is 4. The predicted molar refractivity (Wildman–Crippen MR) is 91.8 cm³/mol. The number of hydrogen-bond donors (Lipinski definition) is 2. The van der Waals surface area contributed by atoms with Gasteiger partial charge < -0.3 is 10.6 Å². The molecule has 0 radical (unpaired) electrons. The Kier molecular flexibility index (Phi) is 4.79. The van der Waals surface area contributed by atoms with E-state index in [1.807, 2.05) is 0 Å². The maximum Gasteiger partial charge on any atom is 0.325 e. The number of aromatic nitrogens is 1. The number of nitrogens with one attached hydrogen (secondary N) is 2. The van der Waals surface area contributed by atoms with Crippen LogP contribution in [-0.4, -0.2) is 34.3 Å². The van der Waals surface area contributed by atoms with E-state index in [2.05, 4.69) is 15.6 Å². The molecule has 7 nitrogen and oxygen atoms in total. The number of pyridine rings is 1. The van der Waals surface area contributed by atoms with Gasteiger partial charge in [-0.3, -0.25) is 14.5 Å². The van der Waals surface area contributed by atoms with Crippen LogP contribution < -0.4 is 10.6 Å². The van der Waals surface area contributed by atoms with Gasteiger partial charge in [-0.1, -0.05) is 11.6 Å². The van der Waals surface area contributed by atoms with Gasteiger partial charge in [0, 0.05) is 11.8 Å². The van der Waals surface area contributed by atoms with E-state index < -0.39 is 41.6 Å². The molecule has 1 atom stereocenters. The number of urea groups is 1. The molecule has 1 aliphatic rings. The first kappa shape index (κ1) is 18.7. The Hall–Kier alpha value is -3.07. The summed E-state index contributed by atoms with van der Waals surface area (Å²) in [6, 6.07) is 4.71. The topological polar surface area (TPSA) is 91.4 Å². The summed E-state index contributed by atoms with van der Waals surface area (Å²) < 4.78 is 27.6. The number of nitrogens with zero attached hydrogens (tertiary/aromatic N) is 2. The Balaban J connectivity index is 1.81. The third kappa shape index (κ3) is 3.45. The molecular formula is C17H13ClF2N4O3. The van der Waals surface area contributed by atoms with Crippen molar-refractivity contribution in [1.29, 1.82) is 0 Å². The summed E-state index contributed by atoms with van der Waals surface area (Å²) in [5.41, 5.74) is -1.97. The van der Waals surface area contributed by atoms with Gasteiger partial charge in [-0.2, -0.15) is 0 Å². The number of benzene rings is 1. The molecular weight excluding hydrogens is 382 g/mol. The molecule has 0 saturated carbocycles. The van der Waals surface area contributed by atoms with Gasteiger partial charge in [0.2, 0.25) is 5.91 Å². The van der Waals surface area contributed by atoms with Crippen molar-refractivity contribution in [3.05, 3.63) is 58.9 Å². The predicted octanol–water partition coefficient (Wildman–Crippen LogP) is 2.42. The Morgan fingerprint density at radius 1 is 1.33 bits per heavy atom. The van der Waals surface area contributed by atoms with Crippen LogP contribution in [0.4, 0.5) is 19.3 Å². The van der Waals surface area contributed by atoms with Crippen molar-refractivity contribution < 1.29 is 23.2 Å². The monoisotopic (exact) mass is 394 g/mol. The Labute approximate surface area is 157 Å². The zero-order valence-corrected chi connectivity index (χ0v) is 14.7. The number of halogens is 3. The lowest BCUT2D eigenvalue weighted by Crippen LogP contribution is -2.42. The second-order valence-corrected chi connectivity index (χ2v) is 6.32. The molecule has 1 aliphatic heterocycles. The maximum atomic E-state index is 14.1. The average Bonchev–Trinajstić information content (AvgIpc) is 2.83. The number of anilines is 1. The number of hydrogen-bond acceptors (Lipinski definition) is 4. The van der Waals surface area contributed by atoms with Crippen molar-refractivity contribution in [2.75, 3.05) is 11.9 Å². The summed E-state index contributed by atoms with van der Waals surface area (Å²) in [5, 5.41) is 4.77. The van der Waals surface area contributed by atoms with Gasteiger partial charge in [0.15, 0.2) is 5.15 Å². The molecule has 10 heteroatoms. The molecule has 4 amide bonds. The second-order valence-electron chi connectivity index (χ2n) is 5.96. The zero-order valence-electron chi connectivity index (χ0n) is 13.9. The number of carbonyl (C=O) groups is 3. The van der Waals surface area contributed by atoms with Gasteiger partial charge in [0.05, 0.1) is 5.69 Å². The lowest BCUT2D eigenvalue weighted by atomic mass is 9.91. The third-order valence-electron chi connectivity index (χ3n) is 4.08. The molecule has 2 heterocycles. The molecule has 2 N–H and O–H groups in total. The van der Waals surface area contributed by atoms with E-state index in [1.54, 1.807) is 6.07 Å². The van der Waals surface area contributed by atoms with Crippen molar-refractivity contribution in [2.45, 2.75) is 12.5 Å². The molecule has 1 fully saturated rings. The average molecular weight is 395 g/mol. The van der Waals surface area contributed by atoms with Crippen LogP contribution in [0.2, 0.25) is 5.15 Å². The first-order valence-corrected chi connectivity index (χ1v) is 8.10. The summed E-state index contributed by atoms with van der Waals surface area (Å²) in [6.07, 6.45) is 1.43. The first-order valence-electron chi connectivity index (χ1n) is 7.72. The SMILES string of the molecule is CC1(c2cc(F)ccc2F)NC(=O)N(CC(=O)Nc2cccnc2Cl)C1=O. The highest BCUT2D eigenvalue weighted by atomic mass is 35.5. The fourth-order valence-electron chi connectivity index (χ4n) is 2.72. The van der Waals surface area contributed by atoms with Crippen LogP contribution in [0.15, 0.2) is 36.5 Å². The number of rotatable bonds is 4. The molecule has 27 heavy (non-hydrogen) atoms. The normalized spacial score (nSPS) is 19.2.